The normalized spacial score (nSPS) is 17.4. The minimum absolute atomic E-state index is 0. The molecule has 1 amide bonds. The molecule has 6 nitrogen and oxygen atoms in total. The van der Waals surface area contributed by atoms with Gasteiger partial charge in [0.25, 0.3) is 5.91 Å². The third kappa shape index (κ3) is 7.32. The number of nitrogens with one attached hydrogen (secondary N) is 2. The highest BCUT2D eigenvalue weighted by atomic mass is 79.9. The summed E-state index contributed by atoms with van der Waals surface area (Å²) in [5.74, 6) is 0.276. The van der Waals surface area contributed by atoms with Gasteiger partial charge in [-0.25, -0.2) is 0 Å². The fraction of sp³-hybridized carbons (Fsp3) is 0.467. The molecule has 1 fully saturated rings. The monoisotopic (exact) mass is 448 g/mol. The summed E-state index contributed by atoms with van der Waals surface area (Å²) < 4.78 is 6.41. The highest BCUT2D eigenvalue weighted by Crippen LogP contribution is 2.11. The van der Waals surface area contributed by atoms with E-state index in [9.17, 15) is 4.79 Å². The van der Waals surface area contributed by atoms with Crippen LogP contribution in [0.15, 0.2) is 33.7 Å². The Morgan fingerprint density at radius 1 is 1.30 bits per heavy atom. The van der Waals surface area contributed by atoms with E-state index < -0.39 is 0 Å². The molecule has 1 aliphatic rings. The van der Waals surface area contributed by atoms with Crippen molar-refractivity contribution >= 4 is 44.8 Å². The van der Waals surface area contributed by atoms with E-state index in [2.05, 4.69) is 31.6 Å². The quantitative estimate of drug-likeness (QED) is 0.351. The maximum Gasteiger partial charge on any atom is 0.251 e. The third-order valence-electron chi connectivity index (χ3n) is 3.31. The highest BCUT2D eigenvalue weighted by Gasteiger charge is 2.14. The second-order valence-electron chi connectivity index (χ2n) is 5.05. The molecule has 0 saturated carbocycles. The van der Waals surface area contributed by atoms with Crippen LogP contribution in [0.3, 0.4) is 0 Å². The van der Waals surface area contributed by atoms with Gasteiger partial charge >= 0.3 is 0 Å². The average Bonchev–Trinajstić information content (AvgIpc) is 3.03. The topological polar surface area (TPSA) is 88.7 Å². The lowest BCUT2D eigenvalue weighted by Crippen LogP contribution is -2.38. The van der Waals surface area contributed by atoms with Gasteiger partial charge in [-0.15, -0.1) is 17.0 Å². The number of carbonyl (C=O) groups excluding carboxylic acids is 1. The Kier molecular flexibility index (Phi) is 9.20. The van der Waals surface area contributed by atoms with E-state index in [1.54, 1.807) is 12.1 Å². The molecule has 0 aromatic heterocycles. The summed E-state index contributed by atoms with van der Waals surface area (Å²) in [7, 11) is 0. The van der Waals surface area contributed by atoms with Crippen LogP contribution in [0, 0.1) is 0 Å². The van der Waals surface area contributed by atoms with Gasteiger partial charge in [0.15, 0.2) is 5.96 Å². The number of hydrogen-bond donors (Lipinski definition) is 3. The number of amides is 1. The smallest absolute Gasteiger partial charge is 0.251 e. The van der Waals surface area contributed by atoms with Gasteiger partial charge in [0, 0.05) is 29.7 Å². The molecular weight excluding hydrogens is 428 g/mol. The molecule has 4 N–H and O–H groups in total. The molecule has 23 heavy (non-hydrogen) atoms. The predicted molar refractivity (Wildman–Crippen MR) is 100 cm³/mol. The first-order valence-corrected chi connectivity index (χ1v) is 8.13. The zero-order chi connectivity index (χ0) is 15.8. The largest absolute Gasteiger partial charge is 0.376 e. The number of hydrogen-bond acceptors (Lipinski definition) is 3. The second kappa shape index (κ2) is 10.6. The van der Waals surface area contributed by atoms with Crippen LogP contribution in [0.4, 0.5) is 0 Å². The van der Waals surface area contributed by atoms with Gasteiger partial charge in [-0.2, -0.15) is 0 Å². The number of aliphatic imine (C=N–C) groups is 1. The number of nitrogens with zero attached hydrogens (tertiary/aromatic N) is 1. The summed E-state index contributed by atoms with van der Waals surface area (Å²) in [5, 5.41) is 5.79. The van der Waals surface area contributed by atoms with Crippen molar-refractivity contribution in [2.75, 3.05) is 26.2 Å². The highest BCUT2D eigenvalue weighted by molar-refractivity contribution is 9.10. The molecule has 0 spiro atoms. The molecule has 1 aliphatic heterocycles. The lowest BCUT2D eigenvalue weighted by atomic mass is 10.2. The Hall–Kier alpha value is -1.12. The molecule has 0 radical (unpaired) electrons. The first kappa shape index (κ1) is 19.9. The standard InChI is InChI=1S/C15H21BrN4O2.BrH/c16-12-5-3-11(4-6-12)14(21)18-7-8-19-15(17)20-10-13-2-1-9-22-13;/h3-6,13H,1-2,7-10H2,(H,18,21)(H3,17,19,20);1H. The number of guanidine groups is 1. The average molecular weight is 450 g/mol. The van der Waals surface area contributed by atoms with Crippen LogP contribution in [-0.2, 0) is 4.74 Å². The van der Waals surface area contributed by atoms with E-state index in [0.29, 0.717) is 31.2 Å². The Balaban J connectivity index is 0.00000264. The fourth-order valence-corrected chi connectivity index (χ4v) is 2.38. The molecule has 1 unspecified atom stereocenters. The summed E-state index contributed by atoms with van der Waals surface area (Å²) in [6.45, 7) is 2.41. The summed E-state index contributed by atoms with van der Waals surface area (Å²) in [6, 6.07) is 7.21. The van der Waals surface area contributed by atoms with E-state index >= 15 is 0 Å². The Morgan fingerprint density at radius 2 is 2.00 bits per heavy atom. The van der Waals surface area contributed by atoms with Crippen molar-refractivity contribution in [3.05, 3.63) is 34.3 Å². The third-order valence-corrected chi connectivity index (χ3v) is 3.84. The lowest BCUT2D eigenvalue weighted by Gasteiger charge is -2.09. The number of halogens is 2. The maximum atomic E-state index is 11.9. The zero-order valence-corrected chi connectivity index (χ0v) is 16.1. The summed E-state index contributed by atoms with van der Waals surface area (Å²) in [6.07, 6.45) is 2.33. The molecule has 1 atom stereocenters. The molecule has 2 rings (SSSR count). The Bertz CT molecular complexity index is 517. The van der Waals surface area contributed by atoms with Crippen LogP contribution in [0.2, 0.25) is 0 Å². The van der Waals surface area contributed by atoms with E-state index in [0.717, 1.165) is 23.9 Å². The van der Waals surface area contributed by atoms with Crippen LogP contribution in [0.25, 0.3) is 0 Å². The minimum Gasteiger partial charge on any atom is -0.376 e. The molecule has 1 heterocycles. The minimum atomic E-state index is -0.107. The number of carbonyl (C=O) groups is 1. The van der Waals surface area contributed by atoms with Crippen molar-refractivity contribution in [2.24, 2.45) is 10.7 Å². The van der Waals surface area contributed by atoms with E-state index in [-0.39, 0.29) is 29.0 Å². The van der Waals surface area contributed by atoms with Crippen LogP contribution in [0.1, 0.15) is 23.2 Å². The zero-order valence-electron chi connectivity index (χ0n) is 12.8. The van der Waals surface area contributed by atoms with Crippen molar-refractivity contribution in [3.8, 4) is 0 Å². The van der Waals surface area contributed by atoms with Gasteiger partial charge < -0.3 is 21.1 Å². The van der Waals surface area contributed by atoms with Crippen LogP contribution < -0.4 is 16.4 Å². The van der Waals surface area contributed by atoms with E-state index in [1.165, 1.54) is 0 Å². The molecule has 128 valence electrons. The van der Waals surface area contributed by atoms with E-state index in [1.807, 2.05) is 12.1 Å². The van der Waals surface area contributed by atoms with Crippen molar-refractivity contribution < 1.29 is 9.53 Å². The molecule has 0 bridgehead atoms. The van der Waals surface area contributed by atoms with Crippen molar-refractivity contribution in [1.29, 1.82) is 0 Å². The van der Waals surface area contributed by atoms with Gasteiger partial charge in [0.2, 0.25) is 0 Å². The first-order chi connectivity index (χ1) is 10.6. The number of benzene rings is 1. The number of ether oxygens (including phenoxy) is 1. The number of nitrogens with two attached hydrogens (primary N) is 1. The van der Waals surface area contributed by atoms with Gasteiger partial charge in [-0.1, -0.05) is 15.9 Å². The number of rotatable bonds is 6. The fourth-order valence-electron chi connectivity index (χ4n) is 2.11. The summed E-state index contributed by atoms with van der Waals surface area (Å²) >= 11 is 3.34. The van der Waals surface area contributed by atoms with Crippen LogP contribution >= 0.6 is 32.9 Å². The maximum absolute atomic E-state index is 11.9. The SMILES string of the molecule is Br.NC(=NCC1CCCO1)NCCNC(=O)c1ccc(Br)cc1. The molecular formula is C15H22Br2N4O2. The summed E-state index contributed by atoms with van der Waals surface area (Å²) in [5.41, 5.74) is 6.39. The summed E-state index contributed by atoms with van der Waals surface area (Å²) in [4.78, 5) is 16.1. The van der Waals surface area contributed by atoms with Gasteiger partial charge in [-0.3, -0.25) is 9.79 Å². The predicted octanol–water partition coefficient (Wildman–Crippen LogP) is 1.84. The molecule has 0 aliphatic carbocycles. The first-order valence-electron chi connectivity index (χ1n) is 7.34. The Labute approximate surface area is 155 Å². The lowest BCUT2D eigenvalue weighted by molar-refractivity contribution is 0.0954. The van der Waals surface area contributed by atoms with Crippen molar-refractivity contribution in [3.63, 3.8) is 0 Å². The van der Waals surface area contributed by atoms with Gasteiger partial charge in [0.05, 0.1) is 12.6 Å². The molecule has 1 aromatic rings. The van der Waals surface area contributed by atoms with Crippen LogP contribution in [0.5, 0.6) is 0 Å². The van der Waals surface area contributed by atoms with Gasteiger partial charge in [0.1, 0.15) is 0 Å². The van der Waals surface area contributed by atoms with Crippen LogP contribution in [-0.4, -0.2) is 44.2 Å². The molecule has 1 saturated heterocycles. The Morgan fingerprint density at radius 3 is 2.65 bits per heavy atom. The van der Waals surface area contributed by atoms with Crippen molar-refractivity contribution in [1.82, 2.24) is 10.6 Å². The second-order valence-corrected chi connectivity index (χ2v) is 5.97. The van der Waals surface area contributed by atoms with Gasteiger partial charge in [-0.05, 0) is 37.1 Å². The van der Waals surface area contributed by atoms with Crippen molar-refractivity contribution in [2.45, 2.75) is 18.9 Å². The molecule has 1 aromatic carbocycles. The van der Waals surface area contributed by atoms with E-state index in [4.69, 9.17) is 10.5 Å². The molecule has 8 heteroatoms.